The van der Waals surface area contributed by atoms with Gasteiger partial charge in [-0.3, -0.25) is 4.79 Å². The second kappa shape index (κ2) is 4.96. The van der Waals surface area contributed by atoms with Crippen LogP contribution in [0.1, 0.15) is 23.7 Å². The van der Waals surface area contributed by atoms with Crippen molar-refractivity contribution in [2.45, 2.75) is 25.6 Å². The summed E-state index contributed by atoms with van der Waals surface area (Å²) in [6.45, 7) is 1.80. The van der Waals surface area contributed by atoms with Crippen LogP contribution in [-0.2, 0) is 4.79 Å². The molecule has 0 saturated heterocycles. The summed E-state index contributed by atoms with van der Waals surface area (Å²) in [7, 11) is 0. The molecule has 0 heterocycles. The fraction of sp³-hybridized carbons (Fsp3) is 0.364. The molecule has 0 fully saturated rings. The molecule has 16 heavy (non-hydrogen) atoms. The lowest BCUT2D eigenvalue weighted by Crippen LogP contribution is -2.21. The van der Waals surface area contributed by atoms with E-state index in [1.165, 1.54) is 6.07 Å². The first-order chi connectivity index (χ1) is 7.40. The number of benzene rings is 1. The lowest BCUT2D eigenvalue weighted by Gasteiger charge is -2.17. The molecule has 5 heteroatoms. The van der Waals surface area contributed by atoms with Gasteiger partial charge < -0.3 is 21.1 Å². The Morgan fingerprint density at radius 3 is 2.50 bits per heavy atom. The molecule has 2 atom stereocenters. The summed E-state index contributed by atoms with van der Waals surface area (Å²) in [5.74, 6) is -1.16. The van der Waals surface area contributed by atoms with Crippen LogP contribution >= 0.6 is 0 Å². The lowest BCUT2D eigenvalue weighted by molar-refractivity contribution is -0.141. The van der Waals surface area contributed by atoms with Gasteiger partial charge in [-0.1, -0.05) is 6.07 Å². The Bertz CT molecular complexity index is 371. The van der Waals surface area contributed by atoms with Gasteiger partial charge in [0.1, 0.15) is 6.10 Å². The third-order valence-corrected chi connectivity index (χ3v) is 2.21. The third kappa shape index (κ3) is 3.22. The third-order valence-electron chi connectivity index (χ3n) is 2.21. The maximum Gasteiger partial charge on any atom is 0.306 e. The number of aliphatic hydroxyl groups is 2. The highest BCUT2D eigenvalue weighted by molar-refractivity contribution is 5.67. The van der Waals surface area contributed by atoms with Gasteiger partial charge in [0.05, 0.1) is 12.5 Å². The minimum atomic E-state index is -1.33. The fourth-order valence-electron chi connectivity index (χ4n) is 1.53. The molecule has 1 aromatic carbocycles. The molecule has 2 unspecified atom stereocenters. The number of carbonyl (C=O) groups is 1. The van der Waals surface area contributed by atoms with Crippen molar-refractivity contribution >= 4 is 11.7 Å². The van der Waals surface area contributed by atoms with Crippen molar-refractivity contribution < 1.29 is 20.1 Å². The second-order valence-electron chi connectivity index (χ2n) is 3.79. The zero-order chi connectivity index (χ0) is 12.3. The number of nitrogens with two attached hydrogens (primary N) is 1. The van der Waals surface area contributed by atoms with Gasteiger partial charge >= 0.3 is 5.97 Å². The number of anilines is 1. The quantitative estimate of drug-likeness (QED) is 0.557. The maximum atomic E-state index is 10.4. The maximum absolute atomic E-state index is 10.4. The minimum absolute atomic E-state index is 0.422. The zero-order valence-corrected chi connectivity index (χ0v) is 8.92. The molecule has 0 bridgehead atoms. The molecule has 0 saturated carbocycles. The van der Waals surface area contributed by atoms with Crippen LogP contribution in [0.25, 0.3) is 0 Å². The fourth-order valence-corrected chi connectivity index (χ4v) is 1.53. The number of nitrogen functional groups attached to an aromatic ring is 1. The Hall–Kier alpha value is -1.59. The summed E-state index contributed by atoms with van der Waals surface area (Å²) in [4.78, 5) is 10.4. The molecule has 0 amide bonds. The van der Waals surface area contributed by atoms with E-state index < -0.39 is 24.6 Å². The van der Waals surface area contributed by atoms with Gasteiger partial charge in [-0.05, 0) is 30.2 Å². The van der Waals surface area contributed by atoms with Gasteiger partial charge in [-0.25, -0.2) is 0 Å². The molecule has 1 rings (SSSR count). The molecule has 0 aliphatic carbocycles. The number of carboxylic acid groups (broad SMARTS) is 1. The van der Waals surface area contributed by atoms with E-state index in [0.717, 1.165) is 5.56 Å². The van der Waals surface area contributed by atoms with Gasteiger partial charge in [0.15, 0.2) is 0 Å². The van der Waals surface area contributed by atoms with Gasteiger partial charge in [0, 0.05) is 5.69 Å². The summed E-state index contributed by atoms with van der Waals surface area (Å²) in [6.07, 6.45) is -3.08. The van der Waals surface area contributed by atoms with Crippen LogP contribution in [-0.4, -0.2) is 27.4 Å². The number of carboxylic acids is 1. The standard InChI is InChI=1S/C11H15NO4/c1-6-2-7(4-8(12)3-6)11(16)9(13)5-10(14)15/h2-4,9,11,13,16H,5,12H2,1H3,(H,14,15). The number of hydrogen-bond acceptors (Lipinski definition) is 4. The number of hydrogen-bond donors (Lipinski definition) is 4. The molecular formula is C11H15NO4. The van der Waals surface area contributed by atoms with E-state index in [2.05, 4.69) is 0 Å². The molecule has 5 N–H and O–H groups in total. The van der Waals surface area contributed by atoms with Gasteiger partial charge in [-0.2, -0.15) is 0 Å². The molecule has 0 aliphatic rings. The van der Waals surface area contributed by atoms with Crippen molar-refractivity contribution in [2.24, 2.45) is 0 Å². The first kappa shape index (κ1) is 12.5. The van der Waals surface area contributed by atoms with E-state index in [9.17, 15) is 15.0 Å². The molecular weight excluding hydrogens is 210 g/mol. The van der Waals surface area contributed by atoms with Crippen LogP contribution in [0.5, 0.6) is 0 Å². The van der Waals surface area contributed by atoms with Gasteiger partial charge in [-0.15, -0.1) is 0 Å². The summed E-state index contributed by atoms with van der Waals surface area (Å²) in [5.41, 5.74) is 7.33. The van der Waals surface area contributed by atoms with Crippen LogP contribution in [0.4, 0.5) is 5.69 Å². The molecule has 1 aromatic rings. The van der Waals surface area contributed by atoms with Gasteiger partial charge in [0.2, 0.25) is 0 Å². The Labute approximate surface area is 93.1 Å². The topological polar surface area (TPSA) is 104 Å². The Morgan fingerprint density at radius 1 is 1.38 bits per heavy atom. The van der Waals surface area contributed by atoms with E-state index in [4.69, 9.17) is 10.8 Å². The van der Waals surface area contributed by atoms with Crippen LogP contribution in [0, 0.1) is 6.92 Å². The van der Waals surface area contributed by atoms with E-state index in [-0.39, 0.29) is 0 Å². The monoisotopic (exact) mass is 225 g/mol. The Balaban J connectivity index is 2.86. The zero-order valence-electron chi connectivity index (χ0n) is 8.92. The summed E-state index contributed by atoms with van der Waals surface area (Å²) in [5, 5.41) is 27.7. The summed E-state index contributed by atoms with van der Waals surface area (Å²) in [6, 6.07) is 4.90. The molecule has 0 aromatic heterocycles. The normalized spacial score (nSPS) is 14.4. The summed E-state index contributed by atoms with van der Waals surface area (Å²) >= 11 is 0. The predicted molar refractivity (Wildman–Crippen MR) is 58.8 cm³/mol. The number of aliphatic carboxylic acids is 1. The van der Waals surface area contributed by atoms with Crippen LogP contribution in [0.3, 0.4) is 0 Å². The van der Waals surface area contributed by atoms with Crippen molar-refractivity contribution in [3.05, 3.63) is 29.3 Å². The Morgan fingerprint density at radius 2 is 2.00 bits per heavy atom. The largest absolute Gasteiger partial charge is 0.481 e. The van der Waals surface area contributed by atoms with E-state index in [1.54, 1.807) is 19.1 Å². The second-order valence-corrected chi connectivity index (χ2v) is 3.79. The van der Waals surface area contributed by atoms with Crippen LogP contribution < -0.4 is 5.73 Å². The van der Waals surface area contributed by atoms with E-state index in [0.29, 0.717) is 11.3 Å². The average molecular weight is 225 g/mol. The van der Waals surface area contributed by atoms with Crippen LogP contribution in [0.15, 0.2) is 18.2 Å². The highest BCUT2D eigenvalue weighted by Crippen LogP contribution is 2.22. The number of aryl methyl sites for hydroxylation is 1. The average Bonchev–Trinajstić information content (AvgIpc) is 2.13. The SMILES string of the molecule is Cc1cc(N)cc(C(O)C(O)CC(=O)O)c1. The van der Waals surface area contributed by atoms with E-state index in [1.807, 2.05) is 0 Å². The van der Waals surface area contributed by atoms with Crippen molar-refractivity contribution in [2.75, 3.05) is 5.73 Å². The lowest BCUT2D eigenvalue weighted by atomic mass is 10.00. The number of aliphatic hydroxyl groups excluding tert-OH is 2. The van der Waals surface area contributed by atoms with E-state index >= 15 is 0 Å². The molecule has 0 spiro atoms. The molecule has 0 radical (unpaired) electrons. The Kier molecular flexibility index (Phi) is 3.87. The summed E-state index contributed by atoms with van der Waals surface area (Å²) < 4.78 is 0. The van der Waals surface area contributed by atoms with Crippen molar-refractivity contribution in [1.29, 1.82) is 0 Å². The number of rotatable bonds is 4. The predicted octanol–water partition coefficient (Wildman–Crippen LogP) is 0.446. The highest BCUT2D eigenvalue weighted by Gasteiger charge is 2.21. The first-order valence-electron chi connectivity index (χ1n) is 4.85. The van der Waals surface area contributed by atoms with Gasteiger partial charge in [0.25, 0.3) is 0 Å². The smallest absolute Gasteiger partial charge is 0.306 e. The minimum Gasteiger partial charge on any atom is -0.481 e. The van der Waals surface area contributed by atoms with Crippen LogP contribution in [0.2, 0.25) is 0 Å². The molecule has 88 valence electrons. The molecule has 0 aliphatic heterocycles. The van der Waals surface area contributed by atoms with Crippen molar-refractivity contribution in [1.82, 2.24) is 0 Å². The van der Waals surface area contributed by atoms with Crippen molar-refractivity contribution in [3.8, 4) is 0 Å². The van der Waals surface area contributed by atoms with Crippen molar-refractivity contribution in [3.63, 3.8) is 0 Å². The highest BCUT2D eigenvalue weighted by atomic mass is 16.4. The molecule has 5 nitrogen and oxygen atoms in total. The first-order valence-corrected chi connectivity index (χ1v) is 4.85.